The minimum Gasteiger partial charge on any atom is -0.444 e. The van der Waals surface area contributed by atoms with Crippen molar-refractivity contribution in [1.29, 1.82) is 0 Å². The second-order valence-electron chi connectivity index (χ2n) is 8.38. The minimum atomic E-state index is -0.480. The van der Waals surface area contributed by atoms with Gasteiger partial charge in [-0.25, -0.2) is 9.78 Å². The summed E-state index contributed by atoms with van der Waals surface area (Å²) in [5.74, 6) is 0. The lowest BCUT2D eigenvalue weighted by Gasteiger charge is -2.30. The number of pyridine rings is 2. The Kier molecular flexibility index (Phi) is 4.86. The summed E-state index contributed by atoms with van der Waals surface area (Å²) < 4.78 is 7.50. The van der Waals surface area contributed by atoms with Gasteiger partial charge >= 0.3 is 6.09 Å². The molecule has 0 saturated carbocycles. The maximum Gasteiger partial charge on any atom is 0.410 e. The minimum absolute atomic E-state index is 0.259. The zero-order chi connectivity index (χ0) is 20.6. The van der Waals surface area contributed by atoms with E-state index in [2.05, 4.69) is 35.2 Å². The predicted molar refractivity (Wildman–Crippen MR) is 114 cm³/mol. The molecule has 0 unspecified atom stereocenters. The quantitative estimate of drug-likeness (QED) is 0.635. The number of fused-ring (bicyclic) bond motifs is 1. The van der Waals surface area contributed by atoms with Gasteiger partial charge in [0.25, 0.3) is 0 Å². The van der Waals surface area contributed by atoms with E-state index in [0.717, 1.165) is 28.8 Å². The zero-order valence-corrected chi connectivity index (χ0v) is 17.3. The fourth-order valence-electron chi connectivity index (χ4n) is 3.63. The number of rotatable bonds is 2. The smallest absolute Gasteiger partial charge is 0.410 e. The van der Waals surface area contributed by atoms with Crippen LogP contribution >= 0.6 is 0 Å². The number of nitrogens with zero attached hydrogens (tertiary/aromatic N) is 4. The normalized spacial score (nSPS) is 14.8. The van der Waals surface area contributed by atoms with Gasteiger partial charge in [-0.2, -0.15) is 0 Å². The third-order valence-electron chi connectivity index (χ3n) is 5.12. The van der Waals surface area contributed by atoms with Gasteiger partial charge in [-0.3, -0.25) is 4.98 Å². The highest BCUT2D eigenvalue weighted by atomic mass is 16.6. The van der Waals surface area contributed by atoms with Crippen molar-refractivity contribution in [3.05, 3.63) is 60.3 Å². The SMILES string of the molecule is Cc1c(C2=CCN(C(=O)OC(C)(C)C)CC2)cncc1-c1ccc2nccn2c1. The first kappa shape index (κ1) is 19.2. The van der Waals surface area contributed by atoms with Gasteiger partial charge in [0.2, 0.25) is 0 Å². The van der Waals surface area contributed by atoms with Gasteiger partial charge in [0.1, 0.15) is 11.2 Å². The van der Waals surface area contributed by atoms with E-state index < -0.39 is 5.60 Å². The van der Waals surface area contributed by atoms with Gasteiger partial charge in [-0.1, -0.05) is 6.08 Å². The van der Waals surface area contributed by atoms with Crippen molar-refractivity contribution < 1.29 is 9.53 Å². The highest BCUT2D eigenvalue weighted by molar-refractivity contribution is 5.78. The summed E-state index contributed by atoms with van der Waals surface area (Å²) >= 11 is 0. The van der Waals surface area contributed by atoms with E-state index >= 15 is 0 Å². The van der Waals surface area contributed by atoms with E-state index in [9.17, 15) is 4.79 Å². The lowest BCUT2D eigenvalue weighted by Crippen LogP contribution is -2.39. The molecule has 0 bridgehead atoms. The topological polar surface area (TPSA) is 59.7 Å². The Morgan fingerprint density at radius 3 is 2.69 bits per heavy atom. The van der Waals surface area contributed by atoms with Crippen molar-refractivity contribution in [2.45, 2.75) is 39.7 Å². The third-order valence-corrected chi connectivity index (χ3v) is 5.12. The van der Waals surface area contributed by atoms with Crippen molar-refractivity contribution in [3.8, 4) is 11.1 Å². The van der Waals surface area contributed by atoms with Crippen LogP contribution in [0.15, 0.2) is 49.2 Å². The summed E-state index contributed by atoms with van der Waals surface area (Å²) in [4.78, 5) is 22.8. The van der Waals surface area contributed by atoms with Crippen LogP contribution in [0, 0.1) is 6.92 Å². The first-order valence-electron chi connectivity index (χ1n) is 9.87. The Morgan fingerprint density at radius 1 is 1.17 bits per heavy atom. The third kappa shape index (κ3) is 4.01. The molecular formula is C23H26N4O2. The van der Waals surface area contributed by atoms with Gasteiger partial charge in [0.05, 0.1) is 0 Å². The molecule has 0 fully saturated rings. The Labute approximate surface area is 170 Å². The largest absolute Gasteiger partial charge is 0.444 e. The molecule has 0 saturated heterocycles. The van der Waals surface area contributed by atoms with Gasteiger partial charge in [-0.05, 0) is 62.9 Å². The van der Waals surface area contributed by atoms with E-state index in [-0.39, 0.29) is 6.09 Å². The van der Waals surface area contributed by atoms with Crippen molar-refractivity contribution in [2.75, 3.05) is 13.1 Å². The van der Waals surface area contributed by atoms with Crippen LogP contribution in [0.5, 0.6) is 0 Å². The molecule has 29 heavy (non-hydrogen) atoms. The Hall–Kier alpha value is -3.15. The molecule has 1 aliphatic rings. The van der Waals surface area contributed by atoms with E-state index in [1.165, 1.54) is 11.1 Å². The van der Waals surface area contributed by atoms with Crippen LogP contribution < -0.4 is 0 Å². The lowest BCUT2D eigenvalue weighted by molar-refractivity contribution is 0.0270. The molecule has 0 spiro atoms. The molecular weight excluding hydrogens is 364 g/mol. The standard InChI is InChI=1S/C23H26N4O2/c1-16-19(17-7-10-26(11-8-17)22(28)29-23(2,3)4)13-24-14-20(16)18-5-6-21-25-9-12-27(21)15-18/h5-7,9,12-15H,8,10-11H2,1-4H3. The Bertz CT molecular complexity index is 1090. The summed E-state index contributed by atoms with van der Waals surface area (Å²) in [6, 6.07) is 4.09. The van der Waals surface area contributed by atoms with Gasteiger partial charge in [0.15, 0.2) is 0 Å². The van der Waals surface area contributed by atoms with Gasteiger partial charge in [0, 0.05) is 55.2 Å². The molecule has 0 aromatic carbocycles. The van der Waals surface area contributed by atoms with Crippen LogP contribution in [0.25, 0.3) is 22.3 Å². The molecule has 4 heterocycles. The molecule has 3 aromatic heterocycles. The Morgan fingerprint density at radius 2 is 1.97 bits per heavy atom. The van der Waals surface area contributed by atoms with Crippen molar-refractivity contribution in [3.63, 3.8) is 0 Å². The molecule has 150 valence electrons. The highest BCUT2D eigenvalue weighted by Crippen LogP contribution is 2.31. The van der Waals surface area contributed by atoms with Crippen LogP contribution in [-0.2, 0) is 4.74 Å². The number of ether oxygens (including phenoxy) is 1. The zero-order valence-electron chi connectivity index (χ0n) is 17.3. The second-order valence-corrected chi connectivity index (χ2v) is 8.38. The number of carbonyl (C=O) groups is 1. The monoisotopic (exact) mass is 390 g/mol. The molecule has 6 nitrogen and oxygen atoms in total. The van der Waals surface area contributed by atoms with E-state index in [1.807, 2.05) is 49.8 Å². The highest BCUT2D eigenvalue weighted by Gasteiger charge is 2.24. The number of amides is 1. The molecule has 0 atom stereocenters. The number of aromatic nitrogens is 3. The Balaban J connectivity index is 1.58. The maximum atomic E-state index is 12.3. The molecule has 1 aliphatic heterocycles. The summed E-state index contributed by atoms with van der Waals surface area (Å²) in [6.45, 7) is 8.99. The van der Waals surface area contributed by atoms with E-state index in [4.69, 9.17) is 4.74 Å². The molecule has 0 N–H and O–H groups in total. The number of imidazole rings is 1. The molecule has 3 aromatic rings. The summed E-state index contributed by atoms with van der Waals surface area (Å²) in [7, 11) is 0. The number of carbonyl (C=O) groups excluding carboxylic acids is 1. The van der Waals surface area contributed by atoms with Gasteiger partial charge in [-0.15, -0.1) is 0 Å². The van der Waals surface area contributed by atoms with E-state index in [1.54, 1.807) is 11.1 Å². The van der Waals surface area contributed by atoms with Crippen LogP contribution in [0.1, 0.15) is 38.3 Å². The summed E-state index contributed by atoms with van der Waals surface area (Å²) in [6.07, 6.45) is 12.3. The van der Waals surface area contributed by atoms with Crippen molar-refractivity contribution in [1.82, 2.24) is 19.3 Å². The molecule has 6 heteroatoms. The van der Waals surface area contributed by atoms with Crippen LogP contribution in [0.4, 0.5) is 4.79 Å². The average Bonchev–Trinajstić information content (AvgIpc) is 3.15. The average molecular weight is 390 g/mol. The maximum absolute atomic E-state index is 12.3. The molecule has 1 amide bonds. The van der Waals surface area contributed by atoms with E-state index in [0.29, 0.717) is 13.1 Å². The predicted octanol–water partition coefficient (Wildman–Crippen LogP) is 4.73. The number of hydrogen-bond acceptors (Lipinski definition) is 4. The van der Waals surface area contributed by atoms with Crippen LogP contribution in [0.2, 0.25) is 0 Å². The molecule has 0 radical (unpaired) electrons. The first-order valence-corrected chi connectivity index (χ1v) is 9.87. The molecule has 4 rings (SSSR count). The number of hydrogen-bond donors (Lipinski definition) is 0. The lowest BCUT2D eigenvalue weighted by atomic mass is 9.93. The summed E-state index contributed by atoms with van der Waals surface area (Å²) in [5.41, 5.74) is 6.20. The van der Waals surface area contributed by atoms with Crippen molar-refractivity contribution >= 4 is 17.3 Å². The fourth-order valence-corrected chi connectivity index (χ4v) is 3.63. The van der Waals surface area contributed by atoms with Crippen molar-refractivity contribution in [2.24, 2.45) is 0 Å². The van der Waals surface area contributed by atoms with Gasteiger partial charge < -0.3 is 14.0 Å². The van der Waals surface area contributed by atoms with Crippen LogP contribution in [-0.4, -0.2) is 44.1 Å². The first-order chi connectivity index (χ1) is 13.8. The fraction of sp³-hybridized carbons (Fsp3) is 0.348. The summed E-state index contributed by atoms with van der Waals surface area (Å²) in [5, 5.41) is 0. The second kappa shape index (κ2) is 7.35. The van der Waals surface area contributed by atoms with Crippen LogP contribution in [0.3, 0.4) is 0 Å². The molecule has 0 aliphatic carbocycles.